The molecule has 1 heterocycles. The topological polar surface area (TPSA) is 64.0 Å². The summed E-state index contributed by atoms with van der Waals surface area (Å²) < 4.78 is 1.59. The number of Topliss-reactive ketones (excluding diaryl/α,β-unsaturated/α-hetero) is 1. The average Bonchev–Trinajstić information content (AvgIpc) is 2.59. The molecule has 0 fully saturated rings. The fraction of sp³-hybridized carbons (Fsp3) is 0.444. The number of hydrogen-bond acceptors (Lipinski definition) is 3. The Morgan fingerprint density at radius 3 is 2.73 bits per heavy atom. The third kappa shape index (κ3) is 3.16. The number of aryl methyl sites for hydroxylation is 1. The lowest BCUT2D eigenvalue weighted by molar-refractivity contribution is -0.125. The zero-order valence-corrected chi connectivity index (χ0v) is 10.1. The fourth-order valence-electron chi connectivity index (χ4n) is 1.22. The van der Waals surface area contributed by atoms with Gasteiger partial charge in [0.05, 0.1) is 11.5 Å². The van der Waals surface area contributed by atoms with Gasteiger partial charge < -0.3 is 5.32 Å². The second-order valence-corrected chi connectivity index (χ2v) is 3.74. The fourth-order valence-corrected chi connectivity index (χ4v) is 1.54. The first-order chi connectivity index (χ1) is 7.04. The minimum atomic E-state index is -0.615. The molecule has 1 atom stereocenters. The van der Waals surface area contributed by atoms with Crippen LogP contribution in [0.5, 0.6) is 0 Å². The summed E-state index contributed by atoms with van der Waals surface area (Å²) in [4.78, 5) is 22.5. The van der Waals surface area contributed by atoms with Crippen LogP contribution in [0.2, 0.25) is 0 Å². The Labute approximate surface area is 96.0 Å². The van der Waals surface area contributed by atoms with Crippen LogP contribution < -0.4 is 5.32 Å². The smallest absolute Gasteiger partial charge is 0.217 e. The number of aromatic nitrogens is 2. The van der Waals surface area contributed by atoms with E-state index in [9.17, 15) is 9.59 Å². The Bertz CT molecular complexity index is 375. The molecule has 1 aromatic heterocycles. The number of rotatable bonds is 4. The van der Waals surface area contributed by atoms with Crippen LogP contribution in [0.1, 0.15) is 18.5 Å². The third-order valence-corrected chi connectivity index (χ3v) is 2.41. The van der Waals surface area contributed by atoms with Crippen LogP contribution in [0, 0.1) is 0 Å². The molecule has 0 aliphatic carbocycles. The van der Waals surface area contributed by atoms with Gasteiger partial charge >= 0.3 is 0 Å². The maximum Gasteiger partial charge on any atom is 0.217 e. The van der Waals surface area contributed by atoms with Gasteiger partial charge in [0.1, 0.15) is 6.04 Å². The van der Waals surface area contributed by atoms with E-state index in [1.54, 1.807) is 24.1 Å². The Kier molecular flexibility index (Phi) is 4.02. The van der Waals surface area contributed by atoms with E-state index >= 15 is 0 Å². The maximum absolute atomic E-state index is 11.6. The van der Waals surface area contributed by atoms with E-state index in [2.05, 4.69) is 26.3 Å². The number of carbonyl (C=O) groups excluding carboxylic acids is 2. The van der Waals surface area contributed by atoms with Crippen molar-refractivity contribution < 1.29 is 9.59 Å². The molecule has 0 aliphatic rings. The number of carbonyl (C=O) groups is 2. The lowest BCUT2D eigenvalue weighted by atomic mass is 10.1. The summed E-state index contributed by atoms with van der Waals surface area (Å²) >= 11 is 3.08. The highest BCUT2D eigenvalue weighted by molar-refractivity contribution is 9.09. The molecule has 0 saturated heterocycles. The number of ketones is 1. The molecule has 82 valence electrons. The molecule has 1 unspecified atom stereocenters. The second-order valence-electron chi connectivity index (χ2n) is 3.18. The first-order valence-corrected chi connectivity index (χ1v) is 5.51. The van der Waals surface area contributed by atoms with Crippen molar-refractivity contribution in [2.45, 2.75) is 13.0 Å². The van der Waals surface area contributed by atoms with Crippen molar-refractivity contribution in [3.05, 3.63) is 18.0 Å². The van der Waals surface area contributed by atoms with E-state index in [4.69, 9.17) is 0 Å². The molecular formula is C9H12BrN3O2. The van der Waals surface area contributed by atoms with Gasteiger partial charge in [0.25, 0.3) is 0 Å². The minimum Gasteiger partial charge on any atom is -0.342 e. The highest BCUT2D eigenvalue weighted by Crippen LogP contribution is 2.13. The number of amides is 1. The molecule has 0 saturated carbocycles. The molecule has 6 heteroatoms. The third-order valence-electron chi connectivity index (χ3n) is 1.86. The zero-order valence-electron chi connectivity index (χ0n) is 8.53. The number of nitrogens with one attached hydrogen (secondary N) is 1. The lowest BCUT2D eigenvalue weighted by Crippen LogP contribution is -2.32. The van der Waals surface area contributed by atoms with Crippen molar-refractivity contribution >= 4 is 27.6 Å². The summed E-state index contributed by atoms with van der Waals surface area (Å²) in [7, 11) is 1.76. The van der Waals surface area contributed by atoms with Crippen LogP contribution in [0.15, 0.2) is 12.4 Å². The molecule has 1 rings (SSSR count). The van der Waals surface area contributed by atoms with Crippen LogP contribution in [-0.4, -0.2) is 26.8 Å². The van der Waals surface area contributed by atoms with E-state index in [-0.39, 0.29) is 17.0 Å². The molecule has 1 aromatic rings. The number of halogens is 1. The molecular weight excluding hydrogens is 262 g/mol. The van der Waals surface area contributed by atoms with Crippen molar-refractivity contribution in [1.82, 2.24) is 15.1 Å². The monoisotopic (exact) mass is 273 g/mol. The zero-order chi connectivity index (χ0) is 11.4. The van der Waals surface area contributed by atoms with Crippen molar-refractivity contribution in [3.8, 4) is 0 Å². The van der Waals surface area contributed by atoms with E-state index in [0.29, 0.717) is 5.56 Å². The molecule has 1 N–H and O–H groups in total. The van der Waals surface area contributed by atoms with Crippen molar-refractivity contribution in [2.24, 2.45) is 7.05 Å². The molecule has 1 amide bonds. The first-order valence-electron chi connectivity index (χ1n) is 4.39. The van der Waals surface area contributed by atoms with Gasteiger partial charge in [-0.3, -0.25) is 14.3 Å². The standard InChI is InChI=1S/C9H12BrN3O2/c1-6(14)12-9(8(15)3-10)7-4-11-13(2)5-7/h4-5,9H,3H2,1-2H3,(H,12,14). The van der Waals surface area contributed by atoms with Gasteiger partial charge in [0.15, 0.2) is 5.78 Å². The van der Waals surface area contributed by atoms with Gasteiger partial charge in [-0.15, -0.1) is 0 Å². The summed E-state index contributed by atoms with van der Waals surface area (Å²) in [6, 6.07) is -0.615. The summed E-state index contributed by atoms with van der Waals surface area (Å²) in [6.45, 7) is 1.38. The predicted molar refractivity (Wildman–Crippen MR) is 58.6 cm³/mol. The SMILES string of the molecule is CC(=O)NC(C(=O)CBr)c1cnn(C)c1. The largest absolute Gasteiger partial charge is 0.342 e. The molecule has 15 heavy (non-hydrogen) atoms. The highest BCUT2D eigenvalue weighted by atomic mass is 79.9. The van der Waals surface area contributed by atoms with E-state index < -0.39 is 6.04 Å². The Hall–Kier alpha value is -1.17. The maximum atomic E-state index is 11.6. The predicted octanol–water partition coefficient (Wildman–Crippen LogP) is 0.561. The second kappa shape index (κ2) is 5.06. The average molecular weight is 274 g/mol. The van der Waals surface area contributed by atoms with E-state index in [1.807, 2.05) is 0 Å². The van der Waals surface area contributed by atoms with Crippen LogP contribution in [0.4, 0.5) is 0 Å². The lowest BCUT2D eigenvalue weighted by Gasteiger charge is -2.13. The Morgan fingerprint density at radius 1 is 1.67 bits per heavy atom. The minimum absolute atomic E-state index is 0.0989. The van der Waals surface area contributed by atoms with Crippen LogP contribution in [0.25, 0.3) is 0 Å². The quantitative estimate of drug-likeness (QED) is 0.816. The summed E-state index contributed by atoms with van der Waals surface area (Å²) in [5.74, 6) is -0.337. The van der Waals surface area contributed by atoms with Crippen LogP contribution in [0.3, 0.4) is 0 Å². The molecule has 5 nitrogen and oxygen atoms in total. The van der Waals surface area contributed by atoms with E-state index in [1.165, 1.54) is 6.92 Å². The number of nitrogens with zero attached hydrogens (tertiary/aromatic N) is 2. The summed E-state index contributed by atoms with van der Waals surface area (Å²) in [5, 5.41) is 6.75. The van der Waals surface area contributed by atoms with E-state index in [0.717, 1.165) is 0 Å². The van der Waals surface area contributed by atoms with Crippen molar-refractivity contribution in [1.29, 1.82) is 0 Å². The summed E-state index contributed by atoms with van der Waals surface area (Å²) in [6.07, 6.45) is 3.28. The first kappa shape index (κ1) is 11.9. The van der Waals surface area contributed by atoms with Crippen molar-refractivity contribution in [2.75, 3.05) is 5.33 Å². The molecule has 0 aliphatic heterocycles. The van der Waals surface area contributed by atoms with Gasteiger partial charge in [-0.1, -0.05) is 15.9 Å². The number of alkyl halides is 1. The number of hydrogen-bond donors (Lipinski definition) is 1. The van der Waals surface area contributed by atoms with Gasteiger partial charge in [0, 0.05) is 25.7 Å². The molecule has 0 aromatic carbocycles. The van der Waals surface area contributed by atoms with Crippen molar-refractivity contribution in [3.63, 3.8) is 0 Å². The van der Waals surface area contributed by atoms with Gasteiger partial charge in [-0.2, -0.15) is 5.10 Å². The van der Waals surface area contributed by atoms with Gasteiger partial charge in [-0.05, 0) is 0 Å². The molecule has 0 bridgehead atoms. The molecule has 0 spiro atoms. The van der Waals surface area contributed by atoms with Gasteiger partial charge in [0.2, 0.25) is 5.91 Å². The Morgan fingerprint density at radius 2 is 2.33 bits per heavy atom. The molecule has 0 radical (unpaired) electrons. The van der Waals surface area contributed by atoms with Crippen LogP contribution >= 0.6 is 15.9 Å². The van der Waals surface area contributed by atoms with Gasteiger partial charge in [-0.25, -0.2) is 0 Å². The Balaban J connectivity index is 2.90. The normalized spacial score (nSPS) is 12.2. The van der Waals surface area contributed by atoms with Crippen LogP contribution in [-0.2, 0) is 16.6 Å². The summed E-state index contributed by atoms with van der Waals surface area (Å²) in [5.41, 5.74) is 0.692. The highest BCUT2D eigenvalue weighted by Gasteiger charge is 2.21.